The minimum absolute atomic E-state index is 0.232. The van der Waals surface area contributed by atoms with Crippen molar-refractivity contribution in [2.45, 2.75) is 5.88 Å². The molecule has 0 atom stereocenters. The van der Waals surface area contributed by atoms with Gasteiger partial charge in [0, 0.05) is 5.88 Å². The summed E-state index contributed by atoms with van der Waals surface area (Å²) in [5, 5.41) is 11.2. The molecule has 1 heterocycles. The molecule has 1 aromatic heterocycles. The van der Waals surface area contributed by atoms with E-state index in [1.54, 1.807) is 0 Å². The summed E-state index contributed by atoms with van der Waals surface area (Å²) in [6.45, 7) is 0. The Hall–Kier alpha value is -1.97. The molecule has 3 aromatic rings. The van der Waals surface area contributed by atoms with Gasteiger partial charge >= 0.3 is 0 Å². The van der Waals surface area contributed by atoms with E-state index in [2.05, 4.69) is 0 Å². The first-order valence-electron chi connectivity index (χ1n) is 6.52. The van der Waals surface area contributed by atoms with Crippen LogP contribution in [-0.2, 0) is 5.88 Å². The molecule has 0 saturated carbocycles. The standard InChI is InChI=1S/C17H14ClNOS/c18-10-11-5-4-8-13(9-11)14-15(20)16(21-17(14)19)12-6-2-1-3-7-12/h1-9,20H,10,19H2. The van der Waals surface area contributed by atoms with Crippen molar-refractivity contribution in [2.75, 3.05) is 5.73 Å². The minimum atomic E-state index is 0.232. The molecule has 0 unspecified atom stereocenters. The van der Waals surface area contributed by atoms with Crippen LogP contribution in [0.2, 0.25) is 0 Å². The summed E-state index contributed by atoms with van der Waals surface area (Å²) in [6.07, 6.45) is 0. The van der Waals surface area contributed by atoms with E-state index in [0.29, 0.717) is 16.4 Å². The fourth-order valence-electron chi connectivity index (χ4n) is 2.31. The van der Waals surface area contributed by atoms with Crippen LogP contribution in [0.4, 0.5) is 5.00 Å². The van der Waals surface area contributed by atoms with E-state index in [1.165, 1.54) is 11.3 Å². The van der Waals surface area contributed by atoms with E-state index in [1.807, 2.05) is 54.6 Å². The lowest BCUT2D eigenvalue weighted by molar-refractivity contribution is 0.481. The Balaban J connectivity index is 2.14. The SMILES string of the molecule is Nc1sc(-c2ccccc2)c(O)c1-c1cccc(CCl)c1. The molecule has 2 aromatic carbocycles. The highest BCUT2D eigenvalue weighted by atomic mass is 35.5. The normalized spacial score (nSPS) is 10.7. The third-order valence-corrected chi connectivity index (χ3v) is 4.68. The lowest BCUT2D eigenvalue weighted by Gasteiger charge is -2.04. The molecule has 0 aliphatic carbocycles. The van der Waals surface area contributed by atoms with E-state index in [0.717, 1.165) is 21.6 Å². The molecule has 4 heteroatoms. The van der Waals surface area contributed by atoms with Gasteiger partial charge in [-0.1, -0.05) is 48.5 Å². The molecule has 106 valence electrons. The number of thiophene rings is 1. The number of hydrogen-bond donors (Lipinski definition) is 2. The summed E-state index contributed by atoms with van der Waals surface area (Å²) in [5.74, 6) is 0.667. The Bertz CT molecular complexity index is 768. The highest BCUT2D eigenvalue weighted by Crippen LogP contribution is 2.48. The number of hydrogen-bond acceptors (Lipinski definition) is 3. The van der Waals surface area contributed by atoms with Gasteiger partial charge in [-0.3, -0.25) is 0 Å². The number of benzene rings is 2. The molecule has 0 bridgehead atoms. The van der Waals surface area contributed by atoms with Gasteiger partial charge in [-0.2, -0.15) is 0 Å². The quantitative estimate of drug-likeness (QED) is 0.660. The molecule has 0 aliphatic rings. The Morgan fingerprint density at radius 2 is 1.71 bits per heavy atom. The van der Waals surface area contributed by atoms with Crippen molar-refractivity contribution in [2.24, 2.45) is 0 Å². The minimum Gasteiger partial charge on any atom is -0.506 e. The van der Waals surface area contributed by atoms with Crippen LogP contribution >= 0.6 is 22.9 Å². The summed E-state index contributed by atoms with van der Waals surface area (Å²) in [5.41, 5.74) is 9.67. The number of anilines is 1. The Morgan fingerprint density at radius 1 is 1.00 bits per heavy atom. The smallest absolute Gasteiger partial charge is 0.144 e. The third-order valence-electron chi connectivity index (χ3n) is 3.32. The number of rotatable bonds is 3. The van der Waals surface area contributed by atoms with E-state index < -0.39 is 0 Å². The first-order valence-corrected chi connectivity index (χ1v) is 7.87. The predicted molar refractivity (Wildman–Crippen MR) is 90.8 cm³/mol. The van der Waals surface area contributed by atoms with E-state index in [-0.39, 0.29) is 5.75 Å². The summed E-state index contributed by atoms with van der Waals surface area (Å²) in [4.78, 5) is 0.791. The van der Waals surface area contributed by atoms with Crippen LogP contribution in [0.1, 0.15) is 5.56 Å². The monoisotopic (exact) mass is 315 g/mol. The molecule has 3 N–H and O–H groups in total. The number of nitrogens with two attached hydrogens (primary N) is 1. The van der Waals surface area contributed by atoms with Crippen LogP contribution in [0.25, 0.3) is 21.6 Å². The second-order valence-corrected chi connectivity index (χ2v) is 6.04. The van der Waals surface area contributed by atoms with Crippen molar-refractivity contribution in [3.05, 3.63) is 60.2 Å². The fraction of sp³-hybridized carbons (Fsp3) is 0.0588. The second-order valence-electron chi connectivity index (χ2n) is 4.72. The van der Waals surface area contributed by atoms with Gasteiger partial charge in [0.2, 0.25) is 0 Å². The zero-order chi connectivity index (χ0) is 14.8. The molecule has 0 fully saturated rings. The third kappa shape index (κ3) is 2.62. The first-order chi connectivity index (χ1) is 10.2. The molecular formula is C17H14ClNOS. The fourth-order valence-corrected chi connectivity index (χ4v) is 3.47. The topological polar surface area (TPSA) is 46.2 Å². The average molecular weight is 316 g/mol. The lowest BCUT2D eigenvalue weighted by Crippen LogP contribution is -1.85. The van der Waals surface area contributed by atoms with Crippen molar-refractivity contribution in [3.8, 4) is 27.3 Å². The van der Waals surface area contributed by atoms with E-state index >= 15 is 0 Å². The number of halogens is 1. The maximum Gasteiger partial charge on any atom is 0.144 e. The number of aromatic hydroxyl groups is 1. The summed E-state index contributed by atoms with van der Waals surface area (Å²) < 4.78 is 0. The highest BCUT2D eigenvalue weighted by Gasteiger charge is 2.18. The number of nitrogen functional groups attached to an aromatic ring is 1. The number of alkyl halides is 1. The molecule has 0 amide bonds. The lowest BCUT2D eigenvalue weighted by atomic mass is 10.0. The molecule has 0 saturated heterocycles. The summed E-state index contributed by atoms with van der Waals surface area (Å²) in [6, 6.07) is 17.5. The van der Waals surface area contributed by atoms with Crippen LogP contribution in [-0.4, -0.2) is 5.11 Å². The Morgan fingerprint density at radius 3 is 2.43 bits per heavy atom. The Kier molecular flexibility index (Phi) is 3.86. The van der Waals surface area contributed by atoms with Crippen molar-refractivity contribution in [1.82, 2.24) is 0 Å². The highest BCUT2D eigenvalue weighted by molar-refractivity contribution is 7.20. The molecule has 0 radical (unpaired) electrons. The van der Waals surface area contributed by atoms with Gasteiger partial charge in [0.15, 0.2) is 0 Å². The van der Waals surface area contributed by atoms with E-state index in [4.69, 9.17) is 17.3 Å². The molecule has 21 heavy (non-hydrogen) atoms. The van der Waals surface area contributed by atoms with Crippen LogP contribution < -0.4 is 5.73 Å². The zero-order valence-electron chi connectivity index (χ0n) is 11.2. The van der Waals surface area contributed by atoms with Gasteiger partial charge in [0.05, 0.1) is 15.4 Å². The molecule has 0 aliphatic heterocycles. The van der Waals surface area contributed by atoms with Gasteiger partial charge in [-0.15, -0.1) is 22.9 Å². The maximum atomic E-state index is 10.6. The van der Waals surface area contributed by atoms with Gasteiger partial charge in [-0.05, 0) is 22.8 Å². The second kappa shape index (κ2) is 5.80. The molecule has 3 rings (SSSR count). The zero-order valence-corrected chi connectivity index (χ0v) is 12.8. The molecular weight excluding hydrogens is 302 g/mol. The van der Waals surface area contributed by atoms with Crippen LogP contribution in [0.3, 0.4) is 0 Å². The van der Waals surface area contributed by atoms with Crippen molar-refractivity contribution in [3.63, 3.8) is 0 Å². The average Bonchev–Trinajstić information content (AvgIpc) is 2.83. The molecule has 0 spiro atoms. The predicted octanol–water partition coefficient (Wildman–Crippen LogP) is 5.11. The first kappa shape index (κ1) is 14.0. The van der Waals surface area contributed by atoms with E-state index in [9.17, 15) is 5.11 Å². The largest absolute Gasteiger partial charge is 0.506 e. The van der Waals surface area contributed by atoms with Crippen LogP contribution in [0.5, 0.6) is 5.75 Å². The van der Waals surface area contributed by atoms with Gasteiger partial charge < -0.3 is 10.8 Å². The summed E-state index contributed by atoms with van der Waals surface area (Å²) in [7, 11) is 0. The van der Waals surface area contributed by atoms with Crippen LogP contribution in [0.15, 0.2) is 54.6 Å². The maximum absolute atomic E-state index is 10.6. The van der Waals surface area contributed by atoms with Crippen molar-refractivity contribution >= 4 is 27.9 Å². The molecule has 2 nitrogen and oxygen atoms in total. The van der Waals surface area contributed by atoms with Gasteiger partial charge in [-0.25, -0.2) is 0 Å². The van der Waals surface area contributed by atoms with Gasteiger partial charge in [0.1, 0.15) is 5.75 Å². The van der Waals surface area contributed by atoms with Crippen molar-refractivity contribution in [1.29, 1.82) is 0 Å². The Labute approximate surface area is 132 Å². The van der Waals surface area contributed by atoms with Crippen molar-refractivity contribution < 1.29 is 5.11 Å². The van der Waals surface area contributed by atoms with Gasteiger partial charge in [0.25, 0.3) is 0 Å². The van der Waals surface area contributed by atoms with Crippen LogP contribution in [0, 0.1) is 0 Å². The summed E-state index contributed by atoms with van der Waals surface area (Å²) >= 11 is 7.27.